The number of benzene rings is 2. The van der Waals surface area contributed by atoms with Crippen molar-refractivity contribution in [1.82, 2.24) is 20.5 Å². The third kappa shape index (κ3) is 6.06. The number of aryl methyl sites for hydroxylation is 2. The van der Waals surface area contributed by atoms with Gasteiger partial charge in [-0.1, -0.05) is 18.2 Å². The highest BCUT2D eigenvalue weighted by atomic mass is 16.5. The third-order valence-corrected chi connectivity index (χ3v) is 6.47. The fourth-order valence-electron chi connectivity index (χ4n) is 4.43. The molecule has 1 amide bonds. The Bertz CT molecular complexity index is 1400. The number of aliphatic carboxylic acids is 1. The number of carboxylic acid groups (broad SMARTS) is 1. The molecular formula is C28H29N5O4. The summed E-state index contributed by atoms with van der Waals surface area (Å²) in [5.74, 6) is 0.187. The monoisotopic (exact) mass is 499 g/mol. The number of amides is 1. The molecule has 4 aromatic rings. The Morgan fingerprint density at radius 2 is 1.97 bits per heavy atom. The molecule has 1 aliphatic rings. The van der Waals surface area contributed by atoms with E-state index in [4.69, 9.17) is 9.72 Å². The minimum absolute atomic E-state index is 0.160. The number of anilines is 1. The van der Waals surface area contributed by atoms with Crippen molar-refractivity contribution in [2.75, 3.05) is 18.5 Å². The van der Waals surface area contributed by atoms with Gasteiger partial charge in [0.15, 0.2) is 0 Å². The summed E-state index contributed by atoms with van der Waals surface area (Å²) in [6, 6.07) is 15.6. The summed E-state index contributed by atoms with van der Waals surface area (Å²) in [5, 5.41) is 23.2. The van der Waals surface area contributed by atoms with E-state index in [0.717, 1.165) is 60.2 Å². The molecule has 1 atom stereocenters. The van der Waals surface area contributed by atoms with Crippen LogP contribution in [0.3, 0.4) is 0 Å². The van der Waals surface area contributed by atoms with Gasteiger partial charge < -0.3 is 20.5 Å². The number of carbonyl (C=O) groups is 2. The van der Waals surface area contributed by atoms with E-state index in [-0.39, 0.29) is 6.42 Å². The normalized spacial score (nSPS) is 13.4. The van der Waals surface area contributed by atoms with Crippen LogP contribution in [-0.4, -0.2) is 51.4 Å². The van der Waals surface area contributed by atoms with Gasteiger partial charge in [0, 0.05) is 29.6 Å². The van der Waals surface area contributed by atoms with Crippen LogP contribution in [0.2, 0.25) is 0 Å². The third-order valence-electron chi connectivity index (χ3n) is 6.47. The Morgan fingerprint density at radius 3 is 2.81 bits per heavy atom. The van der Waals surface area contributed by atoms with Crippen LogP contribution < -0.4 is 15.4 Å². The Balaban J connectivity index is 1.11. The van der Waals surface area contributed by atoms with Crippen LogP contribution in [0.5, 0.6) is 5.75 Å². The summed E-state index contributed by atoms with van der Waals surface area (Å²) in [4.78, 5) is 29.2. The predicted octanol–water partition coefficient (Wildman–Crippen LogP) is 3.75. The number of rotatable bonds is 10. The zero-order chi connectivity index (χ0) is 25.6. The first-order valence-corrected chi connectivity index (χ1v) is 12.5. The van der Waals surface area contributed by atoms with Crippen LogP contribution in [0.15, 0.2) is 60.8 Å². The van der Waals surface area contributed by atoms with Crippen LogP contribution in [0.4, 0.5) is 5.82 Å². The molecule has 190 valence electrons. The summed E-state index contributed by atoms with van der Waals surface area (Å²) < 4.78 is 5.86. The first-order valence-electron chi connectivity index (χ1n) is 12.5. The Morgan fingerprint density at radius 1 is 1.11 bits per heavy atom. The average molecular weight is 500 g/mol. The summed E-state index contributed by atoms with van der Waals surface area (Å²) in [6.07, 6.45) is 5.68. The maximum absolute atomic E-state index is 12.7. The maximum Gasteiger partial charge on any atom is 0.326 e. The standard InChI is InChI=1S/C28H29N5O4/c34-27(20-8-12-24-21(16-20)17-30-33-24)32-25(28(35)36)15-18-5-10-23(11-6-18)37-14-2-4-22-9-7-19-3-1-13-29-26(19)31-22/h5-12,16-17,25H,1-4,13-15H2,(H,29,31)(H,30,33)(H,32,34)(H,35,36). The van der Waals surface area contributed by atoms with E-state index in [1.807, 2.05) is 24.3 Å². The Kier molecular flexibility index (Phi) is 7.30. The number of ether oxygens (including phenoxy) is 1. The second-order valence-corrected chi connectivity index (χ2v) is 9.18. The zero-order valence-corrected chi connectivity index (χ0v) is 20.4. The lowest BCUT2D eigenvalue weighted by molar-refractivity contribution is -0.139. The number of fused-ring (bicyclic) bond motifs is 2. The van der Waals surface area contributed by atoms with E-state index in [0.29, 0.717) is 17.9 Å². The van der Waals surface area contributed by atoms with Crippen molar-refractivity contribution < 1.29 is 19.4 Å². The van der Waals surface area contributed by atoms with Gasteiger partial charge in [0.05, 0.1) is 18.3 Å². The molecule has 2 aromatic carbocycles. The SMILES string of the molecule is O=C(NC(Cc1ccc(OCCCc2ccc3c(n2)NCCC3)cc1)C(=O)O)c1ccc2[nH]ncc2c1. The highest BCUT2D eigenvalue weighted by molar-refractivity contribution is 5.99. The zero-order valence-electron chi connectivity index (χ0n) is 20.4. The number of hydrogen-bond acceptors (Lipinski definition) is 6. The van der Waals surface area contributed by atoms with Gasteiger partial charge in [0.2, 0.25) is 0 Å². The number of carboxylic acids is 1. The quantitative estimate of drug-likeness (QED) is 0.245. The van der Waals surface area contributed by atoms with Gasteiger partial charge in [-0.15, -0.1) is 0 Å². The molecule has 0 fully saturated rings. The van der Waals surface area contributed by atoms with Gasteiger partial charge in [-0.2, -0.15) is 5.10 Å². The Labute approximate surface area is 214 Å². The Hall–Kier alpha value is -4.40. The summed E-state index contributed by atoms with van der Waals surface area (Å²) in [6.45, 7) is 1.53. The lowest BCUT2D eigenvalue weighted by Crippen LogP contribution is -2.42. The molecule has 1 unspecified atom stereocenters. The summed E-state index contributed by atoms with van der Waals surface area (Å²) in [7, 11) is 0. The molecule has 0 saturated heterocycles. The summed E-state index contributed by atoms with van der Waals surface area (Å²) in [5.41, 5.74) is 4.31. The second-order valence-electron chi connectivity index (χ2n) is 9.18. The van der Waals surface area contributed by atoms with Crippen molar-refractivity contribution in [2.24, 2.45) is 0 Å². The van der Waals surface area contributed by atoms with Gasteiger partial charge in [-0.05, 0) is 73.2 Å². The van der Waals surface area contributed by atoms with E-state index < -0.39 is 17.9 Å². The van der Waals surface area contributed by atoms with Gasteiger partial charge >= 0.3 is 5.97 Å². The molecule has 37 heavy (non-hydrogen) atoms. The van der Waals surface area contributed by atoms with E-state index in [9.17, 15) is 14.7 Å². The number of aromatic nitrogens is 3. The average Bonchev–Trinajstić information content (AvgIpc) is 3.39. The fourth-order valence-corrected chi connectivity index (χ4v) is 4.43. The smallest absolute Gasteiger partial charge is 0.326 e. The number of pyridine rings is 1. The molecule has 9 heteroatoms. The van der Waals surface area contributed by atoms with E-state index >= 15 is 0 Å². The number of H-pyrrole nitrogens is 1. The molecule has 9 nitrogen and oxygen atoms in total. The lowest BCUT2D eigenvalue weighted by Gasteiger charge is -2.17. The molecule has 1 aliphatic heterocycles. The molecule has 4 N–H and O–H groups in total. The number of hydrogen-bond donors (Lipinski definition) is 4. The molecule has 0 aliphatic carbocycles. The van der Waals surface area contributed by atoms with Crippen LogP contribution in [0.1, 0.15) is 40.0 Å². The number of carbonyl (C=O) groups excluding carboxylic acids is 1. The van der Waals surface area contributed by atoms with Crippen molar-refractivity contribution in [3.63, 3.8) is 0 Å². The van der Waals surface area contributed by atoms with Crippen LogP contribution in [-0.2, 0) is 24.1 Å². The molecule has 0 spiro atoms. The highest BCUT2D eigenvalue weighted by Gasteiger charge is 2.21. The minimum atomic E-state index is -1.09. The molecular weight excluding hydrogens is 470 g/mol. The topological polar surface area (TPSA) is 129 Å². The van der Waals surface area contributed by atoms with Gasteiger partial charge in [0.25, 0.3) is 5.91 Å². The minimum Gasteiger partial charge on any atom is -0.494 e. The number of aromatic amines is 1. The van der Waals surface area contributed by atoms with Gasteiger partial charge in [0.1, 0.15) is 17.6 Å². The summed E-state index contributed by atoms with van der Waals surface area (Å²) >= 11 is 0. The molecule has 0 saturated carbocycles. The predicted molar refractivity (Wildman–Crippen MR) is 140 cm³/mol. The maximum atomic E-state index is 12.7. The van der Waals surface area contributed by atoms with Gasteiger partial charge in [-0.25, -0.2) is 9.78 Å². The van der Waals surface area contributed by atoms with Crippen molar-refractivity contribution in [3.8, 4) is 5.75 Å². The molecule has 5 rings (SSSR count). The van der Waals surface area contributed by atoms with Crippen LogP contribution >= 0.6 is 0 Å². The van der Waals surface area contributed by atoms with Crippen LogP contribution in [0.25, 0.3) is 10.9 Å². The molecule has 2 aromatic heterocycles. The lowest BCUT2D eigenvalue weighted by atomic mass is 10.0. The van der Waals surface area contributed by atoms with Crippen molar-refractivity contribution in [3.05, 3.63) is 83.2 Å². The van der Waals surface area contributed by atoms with E-state index in [1.54, 1.807) is 24.4 Å². The van der Waals surface area contributed by atoms with E-state index in [2.05, 4.69) is 33.0 Å². The highest BCUT2D eigenvalue weighted by Crippen LogP contribution is 2.20. The fraction of sp³-hybridized carbons (Fsp3) is 0.286. The molecule has 0 radical (unpaired) electrons. The molecule has 0 bridgehead atoms. The van der Waals surface area contributed by atoms with Crippen LogP contribution in [0, 0.1) is 0 Å². The first-order chi connectivity index (χ1) is 18.0. The largest absolute Gasteiger partial charge is 0.494 e. The number of nitrogens with zero attached hydrogens (tertiary/aromatic N) is 2. The van der Waals surface area contributed by atoms with Gasteiger partial charge in [-0.3, -0.25) is 9.89 Å². The van der Waals surface area contributed by atoms with Crippen molar-refractivity contribution in [2.45, 2.75) is 38.1 Å². The van der Waals surface area contributed by atoms with Crippen molar-refractivity contribution >= 4 is 28.6 Å². The molecule has 3 heterocycles. The number of nitrogens with one attached hydrogen (secondary N) is 3. The van der Waals surface area contributed by atoms with Crippen molar-refractivity contribution in [1.29, 1.82) is 0 Å². The second kappa shape index (κ2) is 11.1. The first kappa shape index (κ1) is 24.3. The van der Waals surface area contributed by atoms with E-state index in [1.165, 1.54) is 5.56 Å².